The number of ether oxygens (including phenoxy) is 1. The van der Waals surface area contributed by atoms with Crippen LogP contribution in [0.4, 0.5) is 8.78 Å². The molecular formula is C26H17ClF2N4O3S. The van der Waals surface area contributed by atoms with Gasteiger partial charge in [-0.05, 0) is 54.1 Å². The van der Waals surface area contributed by atoms with Crippen LogP contribution >= 0.6 is 11.6 Å². The van der Waals surface area contributed by atoms with Crippen LogP contribution < -0.4 is 4.74 Å². The summed E-state index contributed by atoms with van der Waals surface area (Å²) in [6.07, 6.45) is 4.26. The molecule has 3 aromatic carbocycles. The van der Waals surface area contributed by atoms with Crippen molar-refractivity contribution in [2.24, 2.45) is 0 Å². The van der Waals surface area contributed by atoms with Crippen LogP contribution in [0.15, 0.2) is 78.2 Å². The second kappa shape index (κ2) is 9.79. The lowest BCUT2D eigenvalue weighted by molar-refractivity contribution is 0.416. The first-order valence-corrected chi connectivity index (χ1v) is 12.9. The van der Waals surface area contributed by atoms with Crippen molar-refractivity contribution < 1.29 is 21.9 Å². The molecule has 0 atom stereocenters. The highest BCUT2D eigenvalue weighted by Crippen LogP contribution is 2.41. The van der Waals surface area contributed by atoms with Crippen LogP contribution in [-0.4, -0.2) is 35.5 Å². The van der Waals surface area contributed by atoms with Gasteiger partial charge in [-0.25, -0.2) is 37.1 Å². The van der Waals surface area contributed by atoms with E-state index in [-0.39, 0.29) is 27.1 Å². The maximum Gasteiger partial charge on any atom is 0.185 e. The summed E-state index contributed by atoms with van der Waals surface area (Å²) in [7, 11) is -2.29. The smallest absolute Gasteiger partial charge is 0.185 e. The Morgan fingerprint density at radius 1 is 0.892 bits per heavy atom. The summed E-state index contributed by atoms with van der Waals surface area (Å²) in [4.78, 5) is 16.7. The fourth-order valence-electron chi connectivity index (χ4n) is 3.94. The number of methoxy groups -OCH3 is 1. The molecular weight excluding hydrogens is 522 g/mol. The number of rotatable bonds is 6. The number of aromatic nitrogens is 4. The topological polar surface area (TPSA) is 94.9 Å². The molecule has 0 aliphatic heterocycles. The monoisotopic (exact) mass is 538 g/mol. The molecule has 0 spiro atoms. The van der Waals surface area contributed by atoms with E-state index in [1.54, 1.807) is 24.3 Å². The molecule has 0 saturated carbocycles. The molecule has 0 unspecified atom stereocenters. The van der Waals surface area contributed by atoms with Gasteiger partial charge in [0.1, 0.15) is 35.3 Å². The highest BCUT2D eigenvalue weighted by atomic mass is 35.5. The fourth-order valence-corrected chi connectivity index (χ4v) is 5.44. The number of sulfone groups is 1. The first-order valence-electron chi connectivity index (χ1n) is 10.8. The standard InChI is InChI=1S/C26H17ClF2N4O3S/c1-36-24-12-20(15-7-16(28)9-17(29)8-15)22(27)11-21(24)26-19-4-3-18(10-23(19)32-14-33-26)37(34,35)13-25-30-5-2-6-31-25/h2-12,14H,13H2,1H3. The van der Waals surface area contributed by atoms with Gasteiger partial charge in [0, 0.05) is 40.0 Å². The van der Waals surface area contributed by atoms with Crippen LogP contribution in [0.1, 0.15) is 5.82 Å². The predicted octanol–water partition coefficient (Wildman–Crippen LogP) is 5.67. The average molecular weight is 539 g/mol. The molecule has 0 aliphatic rings. The zero-order valence-corrected chi connectivity index (χ0v) is 20.8. The number of hydrogen-bond acceptors (Lipinski definition) is 7. The van der Waals surface area contributed by atoms with Gasteiger partial charge < -0.3 is 4.74 Å². The fraction of sp³-hybridized carbons (Fsp3) is 0.0769. The summed E-state index contributed by atoms with van der Waals surface area (Å²) in [6.45, 7) is 0. The predicted molar refractivity (Wildman–Crippen MR) is 135 cm³/mol. The molecule has 37 heavy (non-hydrogen) atoms. The SMILES string of the molecule is COc1cc(-c2cc(F)cc(F)c2)c(Cl)cc1-c1ncnc2cc(S(=O)(=O)Cc3ncccn3)ccc12. The maximum atomic E-state index is 13.8. The van der Waals surface area contributed by atoms with Gasteiger partial charge >= 0.3 is 0 Å². The molecule has 0 fully saturated rings. The minimum Gasteiger partial charge on any atom is -0.496 e. The third-order valence-corrected chi connectivity index (χ3v) is 7.55. The van der Waals surface area contributed by atoms with Crippen molar-refractivity contribution >= 4 is 32.3 Å². The Bertz CT molecular complexity index is 1730. The van der Waals surface area contributed by atoms with E-state index in [4.69, 9.17) is 16.3 Å². The number of halogens is 3. The van der Waals surface area contributed by atoms with Crippen LogP contribution in [0.3, 0.4) is 0 Å². The Kier molecular flexibility index (Phi) is 6.53. The van der Waals surface area contributed by atoms with Gasteiger partial charge in [0.2, 0.25) is 0 Å². The van der Waals surface area contributed by atoms with Crippen LogP contribution in [0.2, 0.25) is 5.02 Å². The first kappa shape index (κ1) is 24.7. The third kappa shape index (κ3) is 4.98. The summed E-state index contributed by atoms with van der Waals surface area (Å²) in [5, 5.41) is 0.769. The molecule has 5 aromatic rings. The van der Waals surface area contributed by atoms with E-state index >= 15 is 0 Å². The second-order valence-corrected chi connectivity index (χ2v) is 10.4. The van der Waals surface area contributed by atoms with Gasteiger partial charge in [-0.2, -0.15) is 0 Å². The van der Waals surface area contributed by atoms with Crippen molar-refractivity contribution in [1.82, 2.24) is 19.9 Å². The summed E-state index contributed by atoms with van der Waals surface area (Å²) >= 11 is 6.53. The molecule has 0 bridgehead atoms. The average Bonchev–Trinajstić information content (AvgIpc) is 2.87. The molecule has 11 heteroatoms. The van der Waals surface area contributed by atoms with Crippen LogP contribution in [0.5, 0.6) is 5.75 Å². The Hall–Kier alpha value is -4.02. The van der Waals surface area contributed by atoms with Crippen molar-refractivity contribution in [2.75, 3.05) is 7.11 Å². The van der Waals surface area contributed by atoms with Crippen molar-refractivity contribution in [3.05, 3.63) is 95.8 Å². The zero-order chi connectivity index (χ0) is 26.2. The highest BCUT2D eigenvalue weighted by Gasteiger charge is 2.21. The summed E-state index contributed by atoms with van der Waals surface area (Å²) in [5.41, 5.74) is 1.94. The summed E-state index contributed by atoms with van der Waals surface area (Å²) in [6, 6.07) is 12.4. The lowest BCUT2D eigenvalue weighted by Crippen LogP contribution is -2.08. The van der Waals surface area contributed by atoms with Gasteiger partial charge in [0.25, 0.3) is 0 Å². The van der Waals surface area contributed by atoms with Crippen molar-refractivity contribution in [3.63, 3.8) is 0 Å². The molecule has 5 rings (SSSR count). The van der Waals surface area contributed by atoms with Crippen molar-refractivity contribution in [2.45, 2.75) is 10.6 Å². The molecule has 0 saturated heterocycles. The minimum absolute atomic E-state index is 0.0607. The van der Waals surface area contributed by atoms with Crippen LogP contribution in [0.25, 0.3) is 33.3 Å². The molecule has 2 aromatic heterocycles. The third-order valence-electron chi connectivity index (χ3n) is 5.62. The maximum absolute atomic E-state index is 13.8. The quantitative estimate of drug-likeness (QED) is 0.275. The van der Waals surface area contributed by atoms with E-state index in [1.165, 1.54) is 50.1 Å². The minimum atomic E-state index is -3.74. The Morgan fingerprint density at radius 2 is 1.62 bits per heavy atom. The van der Waals surface area contributed by atoms with E-state index in [1.807, 2.05) is 0 Å². The van der Waals surface area contributed by atoms with Crippen molar-refractivity contribution in [1.29, 1.82) is 0 Å². The van der Waals surface area contributed by atoms with Gasteiger partial charge in [0.05, 0.1) is 23.2 Å². The lowest BCUT2D eigenvalue weighted by Gasteiger charge is -2.14. The molecule has 0 radical (unpaired) electrons. The van der Waals surface area contributed by atoms with E-state index < -0.39 is 21.5 Å². The molecule has 0 N–H and O–H groups in total. The first-order chi connectivity index (χ1) is 17.7. The van der Waals surface area contributed by atoms with E-state index in [9.17, 15) is 17.2 Å². The molecule has 0 amide bonds. The normalized spacial score (nSPS) is 11.6. The second-order valence-electron chi connectivity index (χ2n) is 8.02. The Labute approximate surface area is 215 Å². The lowest BCUT2D eigenvalue weighted by atomic mass is 9.99. The van der Waals surface area contributed by atoms with Gasteiger partial charge in [-0.15, -0.1) is 0 Å². The van der Waals surface area contributed by atoms with E-state index in [2.05, 4.69) is 19.9 Å². The van der Waals surface area contributed by atoms with E-state index in [0.717, 1.165) is 6.07 Å². The number of benzene rings is 3. The van der Waals surface area contributed by atoms with E-state index in [0.29, 0.717) is 33.5 Å². The Morgan fingerprint density at radius 3 is 2.32 bits per heavy atom. The highest BCUT2D eigenvalue weighted by molar-refractivity contribution is 7.90. The molecule has 2 heterocycles. The summed E-state index contributed by atoms with van der Waals surface area (Å²) in [5.74, 6) is -1.30. The van der Waals surface area contributed by atoms with Gasteiger partial charge in [-0.1, -0.05) is 11.6 Å². The molecule has 0 aliphatic carbocycles. The largest absolute Gasteiger partial charge is 0.496 e. The van der Waals surface area contributed by atoms with Crippen molar-refractivity contribution in [3.8, 4) is 28.1 Å². The van der Waals surface area contributed by atoms with Gasteiger partial charge in [0.15, 0.2) is 9.84 Å². The number of hydrogen-bond donors (Lipinski definition) is 0. The van der Waals surface area contributed by atoms with Gasteiger partial charge in [-0.3, -0.25) is 0 Å². The zero-order valence-electron chi connectivity index (χ0n) is 19.2. The Balaban J connectivity index is 1.59. The van der Waals surface area contributed by atoms with Crippen LogP contribution in [-0.2, 0) is 15.6 Å². The van der Waals surface area contributed by atoms with Crippen LogP contribution in [0, 0.1) is 11.6 Å². The summed E-state index contributed by atoms with van der Waals surface area (Å²) < 4.78 is 59.1. The number of nitrogens with zero attached hydrogens (tertiary/aromatic N) is 4. The number of fused-ring (bicyclic) bond motifs is 1. The molecule has 186 valence electrons. The molecule has 7 nitrogen and oxygen atoms in total.